The molecule has 4 nitrogen and oxygen atoms in total. The lowest BCUT2D eigenvalue weighted by Gasteiger charge is -2.33. The number of methoxy groups -OCH3 is 1. The Morgan fingerprint density at radius 3 is 2.10 bits per heavy atom. The van der Waals surface area contributed by atoms with E-state index in [1.807, 2.05) is 61.0 Å². The maximum Gasteiger partial charge on any atom is 0.264 e. The predicted molar refractivity (Wildman–Crippen MR) is 115 cm³/mol. The third-order valence-corrected chi connectivity index (χ3v) is 6.83. The first kappa shape index (κ1) is 19.3. The van der Waals surface area contributed by atoms with Crippen LogP contribution in [-0.2, 0) is 10.0 Å². The fraction of sp³-hybridized carbons (Fsp3) is 0.125. The standard InChI is InChI=1S/C24H22NO3S/c1-28-22-12-14-23(15-13-22)29(26,27)25-17-16-21(19-8-4-2-5-9-19)18-24(25)20-10-6-3-7-11-20/h2-16,18,21H,17H2,1H3. The van der Waals surface area contributed by atoms with Crippen molar-refractivity contribution >= 4 is 15.7 Å². The van der Waals surface area contributed by atoms with Gasteiger partial charge in [-0.15, -0.1) is 0 Å². The van der Waals surface area contributed by atoms with Crippen LogP contribution in [0.15, 0.2) is 95.9 Å². The summed E-state index contributed by atoms with van der Waals surface area (Å²) in [6.07, 6.45) is 4.05. The average Bonchev–Trinajstić information content (AvgIpc) is 2.80. The van der Waals surface area contributed by atoms with Crippen molar-refractivity contribution in [1.82, 2.24) is 4.31 Å². The zero-order chi connectivity index (χ0) is 20.3. The van der Waals surface area contributed by atoms with E-state index in [1.165, 1.54) is 4.31 Å². The van der Waals surface area contributed by atoms with Gasteiger partial charge in [-0.25, -0.2) is 8.42 Å². The summed E-state index contributed by atoms with van der Waals surface area (Å²) in [6.45, 7) is 0.300. The van der Waals surface area contributed by atoms with Crippen LogP contribution in [0.1, 0.15) is 17.0 Å². The normalized spacial score (nSPS) is 16.9. The summed E-state index contributed by atoms with van der Waals surface area (Å²) in [6, 6.07) is 26.3. The topological polar surface area (TPSA) is 46.6 Å². The van der Waals surface area contributed by atoms with E-state index in [1.54, 1.807) is 31.4 Å². The number of hydrogen-bond donors (Lipinski definition) is 0. The quantitative estimate of drug-likeness (QED) is 0.618. The molecule has 0 N–H and O–H groups in total. The van der Waals surface area contributed by atoms with Crippen LogP contribution in [0.2, 0.25) is 0 Å². The van der Waals surface area contributed by atoms with Crippen LogP contribution in [-0.4, -0.2) is 26.4 Å². The molecule has 1 aliphatic heterocycles. The molecule has 29 heavy (non-hydrogen) atoms. The third-order valence-electron chi connectivity index (χ3n) is 5.03. The molecule has 3 aromatic carbocycles. The van der Waals surface area contributed by atoms with Gasteiger partial charge in [-0.05, 0) is 41.8 Å². The number of hydrogen-bond acceptors (Lipinski definition) is 3. The Bertz CT molecular complexity index is 1090. The Morgan fingerprint density at radius 1 is 0.862 bits per heavy atom. The minimum atomic E-state index is -3.71. The zero-order valence-electron chi connectivity index (χ0n) is 16.1. The van der Waals surface area contributed by atoms with Gasteiger partial charge < -0.3 is 4.74 Å². The van der Waals surface area contributed by atoms with E-state index in [4.69, 9.17) is 4.74 Å². The van der Waals surface area contributed by atoms with Crippen molar-refractivity contribution in [3.63, 3.8) is 0 Å². The van der Waals surface area contributed by atoms with Crippen molar-refractivity contribution in [1.29, 1.82) is 0 Å². The van der Waals surface area contributed by atoms with E-state index in [9.17, 15) is 8.42 Å². The lowest BCUT2D eigenvalue weighted by Crippen LogP contribution is -2.34. The van der Waals surface area contributed by atoms with Crippen molar-refractivity contribution in [2.75, 3.05) is 13.7 Å². The second-order valence-corrected chi connectivity index (χ2v) is 8.66. The molecule has 3 aromatic rings. The van der Waals surface area contributed by atoms with E-state index in [-0.39, 0.29) is 10.8 Å². The van der Waals surface area contributed by atoms with Crippen LogP contribution in [0.25, 0.3) is 5.70 Å². The van der Waals surface area contributed by atoms with Gasteiger partial charge in [-0.3, -0.25) is 4.31 Å². The van der Waals surface area contributed by atoms with Crippen molar-refractivity contribution < 1.29 is 13.2 Å². The molecule has 0 saturated heterocycles. The molecule has 5 heteroatoms. The summed E-state index contributed by atoms with van der Waals surface area (Å²) in [7, 11) is -2.15. The number of rotatable bonds is 5. The van der Waals surface area contributed by atoms with Crippen LogP contribution in [0.4, 0.5) is 0 Å². The highest BCUT2D eigenvalue weighted by Gasteiger charge is 2.32. The summed E-state index contributed by atoms with van der Waals surface area (Å²) in [5.74, 6) is 0.672. The molecule has 0 bridgehead atoms. The highest BCUT2D eigenvalue weighted by Crippen LogP contribution is 2.36. The molecule has 1 radical (unpaired) electrons. The first-order valence-electron chi connectivity index (χ1n) is 9.42. The van der Waals surface area contributed by atoms with E-state index in [0.717, 1.165) is 11.1 Å². The average molecular weight is 405 g/mol. The van der Waals surface area contributed by atoms with Gasteiger partial charge >= 0.3 is 0 Å². The molecule has 147 valence electrons. The van der Waals surface area contributed by atoms with Gasteiger partial charge in [0.15, 0.2) is 0 Å². The Labute approximate surface area is 172 Å². The predicted octanol–water partition coefficient (Wildman–Crippen LogP) is 4.73. The van der Waals surface area contributed by atoms with Gasteiger partial charge in [-0.2, -0.15) is 0 Å². The van der Waals surface area contributed by atoms with Gasteiger partial charge in [0.05, 0.1) is 17.7 Å². The molecule has 1 atom stereocenters. The van der Waals surface area contributed by atoms with Crippen LogP contribution in [0.3, 0.4) is 0 Å². The van der Waals surface area contributed by atoms with Gasteiger partial charge in [-0.1, -0.05) is 66.7 Å². The van der Waals surface area contributed by atoms with Gasteiger partial charge in [0, 0.05) is 12.5 Å². The van der Waals surface area contributed by atoms with Gasteiger partial charge in [0.25, 0.3) is 10.0 Å². The first-order chi connectivity index (χ1) is 14.1. The van der Waals surface area contributed by atoms with Crippen molar-refractivity contribution in [3.8, 4) is 5.75 Å². The summed E-state index contributed by atoms with van der Waals surface area (Å²) in [5, 5.41) is 0. The highest BCUT2D eigenvalue weighted by atomic mass is 32.2. The molecular formula is C24H22NO3S. The monoisotopic (exact) mass is 404 g/mol. The number of nitrogens with zero attached hydrogens (tertiary/aromatic N) is 1. The summed E-state index contributed by atoms with van der Waals surface area (Å²) < 4.78 is 33.5. The molecule has 4 rings (SSSR count). The highest BCUT2D eigenvalue weighted by molar-refractivity contribution is 7.89. The van der Waals surface area contributed by atoms with Crippen LogP contribution in [0, 0.1) is 6.42 Å². The molecule has 0 aliphatic carbocycles. The lowest BCUT2D eigenvalue weighted by molar-refractivity contribution is 0.414. The molecule has 0 fully saturated rings. The molecule has 1 unspecified atom stereocenters. The summed E-state index contributed by atoms with van der Waals surface area (Å²) in [5.41, 5.74) is 2.71. The Balaban J connectivity index is 1.77. The fourth-order valence-electron chi connectivity index (χ4n) is 3.49. The van der Waals surface area contributed by atoms with Crippen LogP contribution >= 0.6 is 0 Å². The second kappa shape index (κ2) is 8.13. The largest absolute Gasteiger partial charge is 0.497 e. The van der Waals surface area contributed by atoms with E-state index in [2.05, 4.69) is 12.1 Å². The van der Waals surface area contributed by atoms with Crippen LogP contribution < -0.4 is 4.74 Å². The summed E-state index contributed by atoms with van der Waals surface area (Å²) >= 11 is 0. The molecule has 0 saturated carbocycles. The van der Waals surface area contributed by atoms with Crippen molar-refractivity contribution in [2.45, 2.75) is 10.8 Å². The smallest absolute Gasteiger partial charge is 0.264 e. The molecular weight excluding hydrogens is 382 g/mol. The molecule has 0 aromatic heterocycles. The minimum absolute atomic E-state index is 0.0497. The number of ether oxygens (including phenoxy) is 1. The van der Waals surface area contributed by atoms with Crippen molar-refractivity contribution in [3.05, 3.63) is 109 Å². The van der Waals surface area contributed by atoms with Crippen LogP contribution in [0.5, 0.6) is 5.75 Å². The van der Waals surface area contributed by atoms with E-state index >= 15 is 0 Å². The SMILES string of the molecule is COc1ccc(S(=O)(=O)N2C[CH]C(c3ccccc3)C=C2c2ccccc2)cc1. The molecule has 1 aliphatic rings. The molecule has 0 amide bonds. The van der Waals surface area contributed by atoms with E-state index in [0.29, 0.717) is 18.0 Å². The first-order valence-corrected chi connectivity index (χ1v) is 10.9. The lowest BCUT2D eigenvalue weighted by atomic mass is 9.91. The Kier molecular flexibility index (Phi) is 5.41. The van der Waals surface area contributed by atoms with E-state index < -0.39 is 10.0 Å². The fourth-order valence-corrected chi connectivity index (χ4v) is 4.93. The third kappa shape index (κ3) is 3.91. The Hall–Kier alpha value is -3.05. The van der Waals surface area contributed by atoms with Gasteiger partial charge in [0.2, 0.25) is 0 Å². The number of sulfonamides is 1. The second-order valence-electron chi connectivity index (χ2n) is 6.80. The Morgan fingerprint density at radius 2 is 1.48 bits per heavy atom. The number of allylic oxidation sites excluding steroid dienone is 1. The maximum atomic E-state index is 13.4. The van der Waals surface area contributed by atoms with Crippen molar-refractivity contribution in [2.24, 2.45) is 0 Å². The van der Waals surface area contributed by atoms with Gasteiger partial charge in [0.1, 0.15) is 5.75 Å². The molecule has 0 spiro atoms. The summed E-state index contributed by atoms with van der Waals surface area (Å²) in [4.78, 5) is 0.242. The maximum absolute atomic E-state index is 13.4. The number of benzene rings is 3. The molecule has 1 heterocycles. The minimum Gasteiger partial charge on any atom is -0.497 e. The zero-order valence-corrected chi connectivity index (χ0v) is 16.9.